The Morgan fingerprint density at radius 3 is 2.67 bits per heavy atom. The molecule has 0 aliphatic heterocycles. The Morgan fingerprint density at radius 1 is 1.44 bits per heavy atom. The van der Waals surface area contributed by atoms with E-state index in [1.807, 2.05) is 0 Å². The molecular formula is C11H12F3N3O. The van der Waals surface area contributed by atoms with Gasteiger partial charge in [0.05, 0.1) is 0 Å². The van der Waals surface area contributed by atoms with Gasteiger partial charge in [-0.3, -0.25) is 0 Å². The number of aromatic nitrogens is 2. The highest BCUT2D eigenvalue weighted by Gasteiger charge is 2.39. The monoisotopic (exact) mass is 259 g/mol. The van der Waals surface area contributed by atoms with Crippen LogP contribution in [0.1, 0.15) is 11.3 Å². The summed E-state index contributed by atoms with van der Waals surface area (Å²) in [5.41, 5.74) is 4.92. The molecule has 0 radical (unpaired) electrons. The molecule has 0 amide bonds. The van der Waals surface area contributed by atoms with E-state index in [-0.39, 0.29) is 24.3 Å². The second-order valence-electron chi connectivity index (χ2n) is 3.94. The number of halogens is 3. The summed E-state index contributed by atoms with van der Waals surface area (Å²) in [7, 11) is 1.77. The number of aryl methyl sites for hydroxylation is 1. The van der Waals surface area contributed by atoms with E-state index in [9.17, 15) is 13.2 Å². The Hall–Kier alpha value is -1.76. The van der Waals surface area contributed by atoms with Crippen LogP contribution < -0.4 is 5.73 Å². The van der Waals surface area contributed by atoms with E-state index >= 15 is 0 Å². The minimum Gasteiger partial charge on any atom is -0.357 e. The Labute approximate surface area is 101 Å². The van der Waals surface area contributed by atoms with E-state index in [2.05, 4.69) is 5.16 Å². The number of nitrogens with two attached hydrogens (primary N) is 1. The van der Waals surface area contributed by atoms with Crippen molar-refractivity contribution in [3.05, 3.63) is 29.7 Å². The van der Waals surface area contributed by atoms with Gasteiger partial charge in [-0.2, -0.15) is 13.2 Å². The molecule has 0 aliphatic carbocycles. The lowest BCUT2D eigenvalue weighted by Gasteiger charge is -2.04. The van der Waals surface area contributed by atoms with Crippen LogP contribution in [0.4, 0.5) is 13.2 Å². The number of nitrogens with zero attached hydrogens (tertiary/aromatic N) is 2. The van der Waals surface area contributed by atoms with Crippen molar-refractivity contribution in [3.63, 3.8) is 0 Å². The molecule has 0 aliphatic rings. The maximum absolute atomic E-state index is 12.7. The number of hydrogen-bond donors (Lipinski definition) is 1. The van der Waals surface area contributed by atoms with Crippen LogP contribution in [0.2, 0.25) is 0 Å². The number of rotatable bonds is 3. The lowest BCUT2D eigenvalue weighted by molar-refractivity contribution is -0.143. The van der Waals surface area contributed by atoms with Gasteiger partial charge in [-0.15, -0.1) is 0 Å². The average molecular weight is 259 g/mol. The van der Waals surface area contributed by atoms with Crippen molar-refractivity contribution in [3.8, 4) is 11.3 Å². The fourth-order valence-electron chi connectivity index (χ4n) is 1.77. The predicted molar refractivity (Wildman–Crippen MR) is 58.7 cm³/mol. The molecule has 0 aromatic carbocycles. The molecule has 2 heterocycles. The van der Waals surface area contributed by atoms with Crippen molar-refractivity contribution < 1.29 is 17.7 Å². The Morgan fingerprint density at radius 2 is 2.17 bits per heavy atom. The van der Waals surface area contributed by atoms with Crippen molar-refractivity contribution >= 4 is 0 Å². The van der Waals surface area contributed by atoms with Gasteiger partial charge in [-0.1, -0.05) is 5.16 Å². The van der Waals surface area contributed by atoms with E-state index in [1.54, 1.807) is 30.1 Å². The molecule has 7 heteroatoms. The molecule has 2 rings (SSSR count). The van der Waals surface area contributed by atoms with Gasteiger partial charge in [-0.05, 0) is 19.0 Å². The summed E-state index contributed by atoms with van der Waals surface area (Å²) in [6, 6.07) is 1.67. The molecule has 2 N–H and O–H groups in total. The molecule has 0 saturated heterocycles. The highest BCUT2D eigenvalue weighted by Crippen LogP contribution is 2.36. The summed E-state index contributed by atoms with van der Waals surface area (Å²) in [5.74, 6) is 0.133. The third-order valence-corrected chi connectivity index (χ3v) is 2.55. The number of hydrogen-bond acceptors (Lipinski definition) is 3. The van der Waals surface area contributed by atoms with Crippen LogP contribution in [0, 0.1) is 0 Å². The fourth-order valence-corrected chi connectivity index (χ4v) is 1.77. The highest BCUT2D eigenvalue weighted by atomic mass is 19.4. The van der Waals surface area contributed by atoms with Crippen molar-refractivity contribution in [1.29, 1.82) is 0 Å². The summed E-state index contributed by atoms with van der Waals surface area (Å²) in [6.45, 7) is 0.101. The maximum atomic E-state index is 12.7. The van der Waals surface area contributed by atoms with Gasteiger partial charge in [0.15, 0.2) is 11.5 Å². The molecule has 0 bridgehead atoms. The maximum Gasteiger partial charge on any atom is 0.437 e. The molecule has 2 aromatic heterocycles. The molecule has 98 valence electrons. The SMILES string of the molecule is Cn1ccc(-c2onc(C(F)(F)F)c2CCN)c1. The smallest absolute Gasteiger partial charge is 0.357 e. The minimum atomic E-state index is -4.53. The average Bonchev–Trinajstić information content (AvgIpc) is 2.83. The Bertz CT molecular complexity index is 542. The van der Waals surface area contributed by atoms with Crippen LogP contribution in [-0.4, -0.2) is 16.3 Å². The minimum absolute atomic E-state index is 0.0104. The van der Waals surface area contributed by atoms with E-state index in [0.717, 1.165) is 0 Å². The summed E-state index contributed by atoms with van der Waals surface area (Å²) >= 11 is 0. The molecule has 0 spiro atoms. The zero-order valence-corrected chi connectivity index (χ0v) is 9.66. The van der Waals surface area contributed by atoms with Crippen LogP contribution in [0.3, 0.4) is 0 Å². The van der Waals surface area contributed by atoms with Crippen LogP contribution in [0.5, 0.6) is 0 Å². The van der Waals surface area contributed by atoms with Gasteiger partial charge in [0.1, 0.15) is 0 Å². The van der Waals surface area contributed by atoms with Gasteiger partial charge in [-0.25, -0.2) is 0 Å². The first-order valence-electron chi connectivity index (χ1n) is 5.31. The van der Waals surface area contributed by atoms with Gasteiger partial charge >= 0.3 is 6.18 Å². The van der Waals surface area contributed by atoms with Gasteiger partial charge in [0.2, 0.25) is 0 Å². The van der Waals surface area contributed by atoms with Crippen LogP contribution in [0.15, 0.2) is 23.0 Å². The lowest BCUT2D eigenvalue weighted by atomic mass is 10.1. The zero-order chi connectivity index (χ0) is 13.3. The largest absolute Gasteiger partial charge is 0.437 e. The first-order chi connectivity index (χ1) is 8.43. The Kier molecular flexibility index (Phi) is 3.16. The summed E-state index contributed by atoms with van der Waals surface area (Å²) in [4.78, 5) is 0. The third kappa shape index (κ3) is 2.26. The van der Waals surface area contributed by atoms with Crippen LogP contribution in [-0.2, 0) is 19.6 Å². The van der Waals surface area contributed by atoms with Crippen LogP contribution in [0.25, 0.3) is 11.3 Å². The second kappa shape index (κ2) is 4.49. The highest BCUT2D eigenvalue weighted by molar-refractivity contribution is 5.61. The first kappa shape index (κ1) is 12.7. The molecule has 4 nitrogen and oxygen atoms in total. The second-order valence-corrected chi connectivity index (χ2v) is 3.94. The molecule has 2 aromatic rings. The van der Waals surface area contributed by atoms with Crippen molar-refractivity contribution in [2.75, 3.05) is 6.54 Å². The standard InChI is InChI=1S/C11H12F3N3O/c1-17-5-3-7(6-17)9-8(2-4-15)10(16-18-9)11(12,13)14/h3,5-6H,2,4,15H2,1H3. The van der Waals surface area contributed by atoms with E-state index in [4.69, 9.17) is 10.3 Å². The Balaban J connectivity index is 2.52. The molecule has 0 fully saturated rings. The predicted octanol–water partition coefficient (Wildman–Crippen LogP) is 2.20. The van der Waals surface area contributed by atoms with Gasteiger partial charge in [0.25, 0.3) is 0 Å². The van der Waals surface area contributed by atoms with E-state index < -0.39 is 11.9 Å². The summed E-state index contributed by atoms with van der Waals surface area (Å²) in [6.07, 6.45) is -1.07. The summed E-state index contributed by atoms with van der Waals surface area (Å²) < 4.78 is 44.8. The summed E-state index contributed by atoms with van der Waals surface area (Å²) in [5, 5.41) is 3.13. The molecule has 0 atom stereocenters. The first-order valence-corrected chi connectivity index (χ1v) is 5.31. The molecule has 18 heavy (non-hydrogen) atoms. The molecular weight excluding hydrogens is 247 g/mol. The quantitative estimate of drug-likeness (QED) is 0.919. The normalized spacial score (nSPS) is 12.1. The lowest BCUT2D eigenvalue weighted by Crippen LogP contribution is -2.12. The van der Waals surface area contributed by atoms with Crippen LogP contribution >= 0.6 is 0 Å². The van der Waals surface area contributed by atoms with Crippen molar-refractivity contribution in [2.45, 2.75) is 12.6 Å². The topological polar surface area (TPSA) is 57.0 Å². The molecule has 0 saturated carbocycles. The van der Waals surface area contributed by atoms with Crippen molar-refractivity contribution in [1.82, 2.24) is 9.72 Å². The number of alkyl halides is 3. The third-order valence-electron chi connectivity index (χ3n) is 2.55. The fraction of sp³-hybridized carbons (Fsp3) is 0.364. The van der Waals surface area contributed by atoms with E-state index in [0.29, 0.717) is 5.56 Å². The van der Waals surface area contributed by atoms with E-state index in [1.165, 1.54) is 0 Å². The van der Waals surface area contributed by atoms with Gasteiger partial charge < -0.3 is 14.8 Å². The van der Waals surface area contributed by atoms with Crippen molar-refractivity contribution in [2.24, 2.45) is 12.8 Å². The molecule has 0 unspecified atom stereocenters. The van der Waals surface area contributed by atoms with Gasteiger partial charge in [0, 0.05) is 30.6 Å². The zero-order valence-electron chi connectivity index (χ0n) is 9.66.